The SMILES string of the molecule is Fc1ccc(-n2c(SCc3cc(Cl)cc4c3OCOC4)nnc2-c2ccncc2)cc1. The highest BCUT2D eigenvalue weighted by atomic mass is 35.5. The average Bonchev–Trinajstić information content (AvgIpc) is 3.22. The molecule has 1 aliphatic heterocycles. The van der Waals surface area contributed by atoms with Gasteiger partial charge in [-0.05, 0) is 48.5 Å². The summed E-state index contributed by atoms with van der Waals surface area (Å²) in [4.78, 5) is 4.07. The standard InChI is InChI=1S/C22H16ClFN4O2S/c23-17-9-15-11-29-13-30-20(15)16(10-17)12-31-22-27-26-21(14-5-7-25-8-6-14)28(22)19-3-1-18(24)2-4-19/h1-10H,11-13H2. The lowest BCUT2D eigenvalue weighted by Crippen LogP contribution is -2.13. The monoisotopic (exact) mass is 454 g/mol. The highest BCUT2D eigenvalue weighted by molar-refractivity contribution is 7.98. The number of fused-ring (bicyclic) bond motifs is 1. The van der Waals surface area contributed by atoms with Gasteiger partial charge in [-0.3, -0.25) is 9.55 Å². The lowest BCUT2D eigenvalue weighted by Gasteiger charge is -2.21. The van der Waals surface area contributed by atoms with E-state index in [1.54, 1.807) is 24.5 Å². The van der Waals surface area contributed by atoms with Crippen molar-refractivity contribution in [2.24, 2.45) is 0 Å². The average molecular weight is 455 g/mol. The summed E-state index contributed by atoms with van der Waals surface area (Å²) in [6, 6.07) is 13.7. The number of thioether (sulfide) groups is 1. The Bertz CT molecular complexity index is 1220. The molecule has 0 saturated heterocycles. The van der Waals surface area contributed by atoms with E-state index in [0.717, 1.165) is 28.1 Å². The fraction of sp³-hybridized carbons (Fsp3) is 0.136. The molecule has 0 unspecified atom stereocenters. The normalized spacial score (nSPS) is 13.0. The summed E-state index contributed by atoms with van der Waals surface area (Å²) in [5.41, 5.74) is 3.50. The van der Waals surface area contributed by atoms with Crippen molar-refractivity contribution in [1.82, 2.24) is 19.7 Å². The molecule has 0 spiro atoms. The van der Waals surface area contributed by atoms with Gasteiger partial charge in [-0.2, -0.15) is 0 Å². The Labute approximate surface area is 187 Å². The van der Waals surface area contributed by atoms with Crippen molar-refractivity contribution in [3.8, 4) is 22.8 Å². The van der Waals surface area contributed by atoms with Crippen LogP contribution in [0, 0.1) is 5.82 Å². The minimum atomic E-state index is -0.304. The van der Waals surface area contributed by atoms with Crippen LogP contribution in [-0.2, 0) is 17.1 Å². The van der Waals surface area contributed by atoms with Crippen molar-refractivity contribution in [1.29, 1.82) is 0 Å². The largest absolute Gasteiger partial charge is 0.467 e. The lowest BCUT2D eigenvalue weighted by atomic mass is 10.1. The summed E-state index contributed by atoms with van der Waals surface area (Å²) >= 11 is 7.79. The van der Waals surface area contributed by atoms with Gasteiger partial charge in [0.25, 0.3) is 0 Å². The van der Waals surface area contributed by atoms with Gasteiger partial charge in [-0.1, -0.05) is 23.4 Å². The first-order valence-electron chi connectivity index (χ1n) is 9.45. The molecule has 0 aliphatic carbocycles. The van der Waals surface area contributed by atoms with E-state index in [1.165, 1.54) is 23.9 Å². The molecular formula is C22H16ClFN4O2S. The summed E-state index contributed by atoms with van der Waals surface area (Å²) < 4.78 is 26.5. The van der Waals surface area contributed by atoms with Gasteiger partial charge >= 0.3 is 0 Å². The van der Waals surface area contributed by atoms with Gasteiger partial charge < -0.3 is 9.47 Å². The van der Waals surface area contributed by atoms with Gasteiger partial charge in [0, 0.05) is 45.5 Å². The maximum absolute atomic E-state index is 13.5. The Morgan fingerprint density at radius 2 is 1.87 bits per heavy atom. The minimum absolute atomic E-state index is 0.213. The predicted molar refractivity (Wildman–Crippen MR) is 116 cm³/mol. The van der Waals surface area contributed by atoms with Crippen LogP contribution in [-0.4, -0.2) is 26.5 Å². The zero-order valence-electron chi connectivity index (χ0n) is 16.2. The molecule has 2 aromatic heterocycles. The molecule has 0 amide bonds. The van der Waals surface area contributed by atoms with E-state index in [-0.39, 0.29) is 12.6 Å². The van der Waals surface area contributed by atoms with E-state index in [4.69, 9.17) is 21.1 Å². The van der Waals surface area contributed by atoms with Crippen LogP contribution in [0.4, 0.5) is 4.39 Å². The second-order valence-electron chi connectivity index (χ2n) is 6.81. The molecule has 3 heterocycles. The molecule has 0 saturated carbocycles. The number of benzene rings is 2. The van der Waals surface area contributed by atoms with Gasteiger partial charge in [-0.25, -0.2) is 4.39 Å². The minimum Gasteiger partial charge on any atom is -0.467 e. The van der Waals surface area contributed by atoms with Gasteiger partial charge in [-0.15, -0.1) is 10.2 Å². The van der Waals surface area contributed by atoms with E-state index in [1.807, 2.05) is 28.8 Å². The second kappa shape index (κ2) is 8.66. The summed E-state index contributed by atoms with van der Waals surface area (Å²) in [5, 5.41) is 10.1. The molecule has 31 heavy (non-hydrogen) atoms. The number of hydrogen-bond acceptors (Lipinski definition) is 6. The molecule has 4 aromatic rings. The Morgan fingerprint density at radius 1 is 1.06 bits per heavy atom. The highest BCUT2D eigenvalue weighted by Crippen LogP contribution is 2.36. The van der Waals surface area contributed by atoms with Crippen molar-refractivity contribution in [3.05, 3.63) is 82.9 Å². The molecule has 0 bridgehead atoms. The van der Waals surface area contributed by atoms with Crippen LogP contribution in [0.2, 0.25) is 5.02 Å². The molecule has 0 atom stereocenters. The van der Waals surface area contributed by atoms with Crippen molar-refractivity contribution >= 4 is 23.4 Å². The molecule has 0 fully saturated rings. The quantitative estimate of drug-likeness (QED) is 0.382. The van der Waals surface area contributed by atoms with Crippen LogP contribution in [0.15, 0.2) is 66.1 Å². The Balaban J connectivity index is 1.52. The first-order valence-corrected chi connectivity index (χ1v) is 10.8. The first-order chi connectivity index (χ1) is 15.2. The van der Waals surface area contributed by atoms with E-state index in [0.29, 0.717) is 28.4 Å². The van der Waals surface area contributed by atoms with Gasteiger partial charge in [0.2, 0.25) is 0 Å². The van der Waals surface area contributed by atoms with Crippen LogP contribution in [0.3, 0.4) is 0 Å². The number of hydrogen-bond donors (Lipinski definition) is 0. The Morgan fingerprint density at radius 3 is 2.68 bits per heavy atom. The van der Waals surface area contributed by atoms with E-state index < -0.39 is 0 Å². The molecule has 1 aliphatic rings. The fourth-order valence-corrected chi connectivity index (χ4v) is 4.56. The van der Waals surface area contributed by atoms with Crippen molar-refractivity contribution in [2.45, 2.75) is 17.5 Å². The van der Waals surface area contributed by atoms with Crippen LogP contribution in [0.5, 0.6) is 5.75 Å². The van der Waals surface area contributed by atoms with Crippen LogP contribution in [0.25, 0.3) is 17.1 Å². The number of aromatic nitrogens is 4. The van der Waals surface area contributed by atoms with Crippen molar-refractivity contribution < 1.29 is 13.9 Å². The molecular weight excluding hydrogens is 439 g/mol. The summed E-state index contributed by atoms with van der Waals surface area (Å²) in [7, 11) is 0. The molecule has 0 N–H and O–H groups in total. The topological polar surface area (TPSA) is 62.1 Å². The maximum atomic E-state index is 13.5. The first kappa shape index (κ1) is 20.0. The predicted octanol–water partition coefficient (Wildman–Crippen LogP) is 5.28. The van der Waals surface area contributed by atoms with Gasteiger partial charge in [0.15, 0.2) is 17.8 Å². The number of rotatable bonds is 5. The molecule has 6 nitrogen and oxygen atoms in total. The van der Waals surface area contributed by atoms with Gasteiger partial charge in [0.1, 0.15) is 11.6 Å². The summed E-state index contributed by atoms with van der Waals surface area (Å²) in [5.74, 6) is 1.71. The van der Waals surface area contributed by atoms with E-state index >= 15 is 0 Å². The van der Waals surface area contributed by atoms with Crippen molar-refractivity contribution in [2.75, 3.05) is 6.79 Å². The molecule has 5 rings (SSSR count). The maximum Gasteiger partial charge on any atom is 0.196 e. The zero-order valence-corrected chi connectivity index (χ0v) is 17.7. The Hall–Kier alpha value is -2.94. The van der Waals surface area contributed by atoms with Crippen LogP contribution >= 0.6 is 23.4 Å². The summed E-state index contributed by atoms with van der Waals surface area (Å²) in [6.07, 6.45) is 3.40. The van der Waals surface area contributed by atoms with E-state index in [9.17, 15) is 4.39 Å². The third-order valence-corrected chi connectivity index (χ3v) is 5.96. The number of pyridine rings is 1. The lowest BCUT2D eigenvalue weighted by molar-refractivity contribution is -0.0168. The highest BCUT2D eigenvalue weighted by Gasteiger charge is 2.20. The smallest absolute Gasteiger partial charge is 0.196 e. The van der Waals surface area contributed by atoms with Gasteiger partial charge in [0.05, 0.1) is 6.61 Å². The number of ether oxygens (including phenoxy) is 2. The number of halogens is 2. The molecule has 156 valence electrons. The summed E-state index contributed by atoms with van der Waals surface area (Å²) in [6.45, 7) is 0.676. The molecule has 2 aromatic carbocycles. The van der Waals surface area contributed by atoms with Crippen molar-refractivity contribution in [3.63, 3.8) is 0 Å². The Kier molecular flexibility index (Phi) is 5.59. The van der Waals surface area contributed by atoms with Crippen LogP contribution < -0.4 is 4.74 Å². The zero-order chi connectivity index (χ0) is 21.2. The molecule has 9 heteroatoms. The van der Waals surface area contributed by atoms with Crippen LogP contribution in [0.1, 0.15) is 11.1 Å². The van der Waals surface area contributed by atoms with E-state index in [2.05, 4.69) is 15.2 Å². The fourth-order valence-electron chi connectivity index (χ4n) is 3.38. The second-order valence-corrected chi connectivity index (χ2v) is 8.19. The molecule has 0 radical (unpaired) electrons. The third-order valence-electron chi connectivity index (χ3n) is 4.77. The number of nitrogens with zero attached hydrogens (tertiary/aromatic N) is 4. The third kappa shape index (κ3) is 4.14.